The Bertz CT molecular complexity index is 1520. The third-order valence-electron chi connectivity index (χ3n) is 6.55. The van der Waals surface area contributed by atoms with Crippen molar-refractivity contribution < 1.29 is 17.8 Å². The highest BCUT2D eigenvalue weighted by atomic mass is 35.5. The first-order chi connectivity index (χ1) is 16.0. The Morgan fingerprint density at radius 1 is 1.24 bits per heavy atom. The zero-order valence-electron chi connectivity index (χ0n) is 17.9. The van der Waals surface area contributed by atoms with Crippen LogP contribution in [0.25, 0.3) is 11.2 Å². The molecule has 0 aromatic carbocycles. The van der Waals surface area contributed by atoms with Gasteiger partial charge in [0.05, 0.1) is 15.8 Å². The van der Waals surface area contributed by atoms with Crippen LogP contribution in [0.1, 0.15) is 48.5 Å². The minimum Gasteiger partial charge on any atom is -0.441 e. The number of carbonyl (C=O) groups excluding carboxylic acids is 1. The summed E-state index contributed by atoms with van der Waals surface area (Å²) in [4.78, 5) is 21.3. The van der Waals surface area contributed by atoms with Gasteiger partial charge >= 0.3 is 0 Å². The fourth-order valence-electron chi connectivity index (χ4n) is 4.91. The van der Waals surface area contributed by atoms with Gasteiger partial charge in [0.2, 0.25) is 11.6 Å². The third kappa shape index (κ3) is 3.41. The molecule has 3 aromatic heterocycles. The zero-order valence-corrected chi connectivity index (χ0v) is 19.5. The van der Waals surface area contributed by atoms with Crippen molar-refractivity contribution >= 4 is 38.5 Å². The number of oxazole rings is 1. The molecule has 0 radical (unpaired) electrons. The topological polar surface area (TPSA) is 174 Å². The smallest absolute Gasteiger partial charge is 0.289 e. The van der Waals surface area contributed by atoms with Crippen molar-refractivity contribution in [3.05, 3.63) is 41.1 Å². The summed E-state index contributed by atoms with van der Waals surface area (Å²) >= 11 is 5.97. The summed E-state index contributed by atoms with van der Waals surface area (Å²) in [5.41, 5.74) is 11.3. The van der Waals surface area contributed by atoms with Gasteiger partial charge in [0.25, 0.3) is 5.91 Å². The lowest BCUT2D eigenvalue weighted by Crippen LogP contribution is -2.60. The minimum atomic E-state index is -3.03. The highest BCUT2D eigenvalue weighted by Gasteiger charge is 2.59. The first kappa shape index (κ1) is 21.6. The molecule has 176 valence electrons. The Labute approximate surface area is 199 Å². The quantitative estimate of drug-likeness (QED) is 0.305. The van der Waals surface area contributed by atoms with Gasteiger partial charge in [0.1, 0.15) is 15.2 Å². The van der Waals surface area contributed by atoms with Crippen LogP contribution in [-0.2, 0) is 15.3 Å². The van der Waals surface area contributed by atoms with E-state index < -0.39 is 32.3 Å². The Morgan fingerprint density at radius 2 is 2.00 bits per heavy atom. The Kier molecular flexibility index (Phi) is 4.34. The number of pyridine rings is 1. The van der Waals surface area contributed by atoms with Gasteiger partial charge in [-0.25, -0.2) is 19.0 Å². The number of hydrogen-bond donors (Lipinski definition) is 4. The Balaban J connectivity index is 1.14. The number of rotatable bonds is 5. The van der Waals surface area contributed by atoms with E-state index in [-0.39, 0.29) is 16.1 Å². The van der Waals surface area contributed by atoms with Crippen molar-refractivity contribution in [2.45, 2.75) is 53.6 Å². The maximum absolute atomic E-state index is 12.8. The van der Waals surface area contributed by atoms with Crippen LogP contribution in [0, 0.1) is 22.0 Å². The zero-order chi connectivity index (χ0) is 23.9. The number of amides is 1. The van der Waals surface area contributed by atoms with Gasteiger partial charge in [0, 0.05) is 18.0 Å². The molecular weight excluding hydrogens is 480 g/mol. The van der Waals surface area contributed by atoms with Crippen LogP contribution in [0.4, 0.5) is 0 Å². The van der Waals surface area contributed by atoms with E-state index >= 15 is 0 Å². The van der Waals surface area contributed by atoms with Gasteiger partial charge < -0.3 is 19.9 Å². The van der Waals surface area contributed by atoms with Crippen molar-refractivity contribution in [3.63, 3.8) is 0 Å². The molecule has 3 aromatic rings. The molecule has 1 unspecified atom stereocenters. The molecule has 2 atom stereocenters. The van der Waals surface area contributed by atoms with Crippen molar-refractivity contribution in [1.29, 1.82) is 4.78 Å². The van der Waals surface area contributed by atoms with E-state index in [2.05, 4.69) is 27.1 Å². The van der Waals surface area contributed by atoms with Crippen LogP contribution in [0.2, 0.25) is 5.02 Å². The van der Waals surface area contributed by atoms with Crippen LogP contribution in [0.3, 0.4) is 0 Å². The molecule has 0 saturated heterocycles. The normalized spacial score (nSPS) is 31.6. The molecule has 12 heteroatoms. The van der Waals surface area contributed by atoms with Gasteiger partial charge in [-0.15, -0.1) is 0 Å². The molecule has 3 heterocycles. The molecule has 3 aliphatic carbocycles. The van der Waals surface area contributed by atoms with Crippen LogP contribution in [-0.4, -0.2) is 31.0 Å². The number of hydrogen-bond acceptors (Lipinski definition) is 9. The predicted octanol–water partition coefficient (Wildman–Crippen LogP) is 2.46. The molecule has 6 N–H and O–H groups in total. The van der Waals surface area contributed by atoms with E-state index in [9.17, 15) is 9.00 Å². The standard InChI is InChI=1S/C22H21ClN6O4S/c23-12-7-14-18(27-8-12)33-19(28-14)21(24)9-20(10-21)5-6-22(25,11-20)29-17(30)15-3-4-16(32-15)34(26,31)13-1-2-13/h3-4,7-8,13,26H,1-2,9-11,24-25H2,(H,29,30)/t20?,21?,22-,34?/m0/s1. The maximum Gasteiger partial charge on any atom is 0.289 e. The fourth-order valence-corrected chi connectivity index (χ4v) is 6.67. The summed E-state index contributed by atoms with van der Waals surface area (Å²) < 4.78 is 31.8. The van der Waals surface area contributed by atoms with Gasteiger partial charge in [-0.1, -0.05) is 23.4 Å². The molecule has 2 fully saturated rings. The summed E-state index contributed by atoms with van der Waals surface area (Å²) in [5.74, 6) is 5.83. The van der Waals surface area contributed by atoms with E-state index in [1.54, 1.807) is 6.07 Å². The molecule has 10 nitrogen and oxygen atoms in total. The van der Waals surface area contributed by atoms with Crippen molar-refractivity contribution in [3.8, 4) is 11.8 Å². The number of carbonyl (C=O) groups is 1. The molecular formula is C22H21ClN6O4S. The van der Waals surface area contributed by atoms with Gasteiger partial charge in [-0.05, 0) is 43.9 Å². The van der Waals surface area contributed by atoms with E-state index in [1.165, 1.54) is 18.3 Å². The maximum atomic E-state index is 12.8. The number of furan rings is 1. The molecule has 2 saturated carbocycles. The fraction of sp³-hybridized carbons (Fsp3) is 0.409. The van der Waals surface area contributed by atoms with E-state index in [1.807, 2.05) is 0 Å². The average molecular weight is 501 g/mol. The summed E-state index contributed by atoms with van der Waals surface area (Å²) in [6.45, 7) is 0. The second-order valence-corrected chi connectivity index (χ2v) is 12.3. The summed E-state index contributed by atoms with van der Waals surface area (Å²) in [6, 6.07) is 4.49. The Morgan fingerprint density at radius 3 is 2.74 bits per heavy atom. The molecule has 6 rings (SSSR count). The molecule has 3 aliphatic rings. The summed E-state index contributed by atoms with van der Waals surface area (Å²) in [6.07, 6.45) is 4.18. The first-order valence-corrected chi connectivity index (χ1v) is 12.7. The van der Waals surface area contributed by atoms with Crippen LogP contribution in [0.5, 0.6) is 0 Å². The lowest BCUT2D eigenvalue weighted by molar-refractivity contribution is 0.0406. The number of nitrogens with zero attached hydrogens (tertiary/aromatic N) is 2. The number of nitrogens with two attached hydrogens (primary N) is 2. The Hall–Kier alpha value is -2.91. The van der Waals surface area contributed by atoms with Crippen LogP contribution >= 0.6 is 11.6 Å². The van der Waals surface area contributed by atoms with E-state index in [0.717, 1.165) is 12.8 Å². The average Bonchev–Trinajstić information content (AvgIpc) is 3.19. The molecule has 34 heavy (non-hydrogen) atoms. The third-order valence-corrected chi connectivity index (χ3v) is 8.98. The number of fused-ring (bicyclic) bond motifs is 1. The van der Waals surface area contributed by atoms with E-state index in [0.29, 0.717) is 41.4 Å². The predicted molar refractivity (Wildman–Crippen MR) is 122 cm³/mol. The van der Waals surface area contributed by atoms with Crippen LogP contribution in [0.15, 0.2) is 38.3 Å². The minimum absolute atomic E-state index is 0.0150. The number of nitrogens with one attached hydrogen (secondary N) is 2. The van der Waals surface area contributed by atoms with Crippen molar-refractivity contribution in [2.75, 3.05) is 0 Å². The summed E-state index contributed by atoms with van der Waals surface area (Å²) in [7, 11) is -3.03. The van der Waals surface area contributed by atoms with Gasteiger partial charge in [-0.3, -0.25) is 10.5 Å². The van der Waals surface area contributed by atoms with E-state index in [4.69, 9.17) is 36.7 Å². The monoisotopic (exact) mass is 500 g/mol. The second kappa shape index (κ2) is 6.82. The largest absolute Gasteiger partial charge is 0.441 e. The molecule has 1 spiro atoms. The molecule has 1 amide bonds. The number of halogens is 1. The van der Waals surface area contributed by atoms with Crippen molar-refractivity contribution in [2.24, 2.45) is 16.9 Å². The lowest BCUT2D eigenvalue weighted by Gasteiger charge is -2.49. The number of aromatic nitrogens is 2. The highest BCUT2D eigenvalue weighted by Crippen LogP contribution is 2.57. The molecule has 0 bridgehead atoms. The van der Waals surface area contributed by atoms with Gasteiger partial charge in [-0.2, -0.15) is 0 Å². The van der Waals surface area contributed by atoms with Crippen molar-refractivity contribution in [1.82, 2.24) is 15.3 Å². The second-order valence-electron chi connectivity index (χ2n) is 9.56. The summed E-state index contributed by atoms with van der Waals surface area (Å²) in [5, 5.41) is 2.97. The SMILES string of the molecule is N=S(=O)(c1ccc(C(=O)N[C@@]2(N)C#CC3(CC(N)(c4nc5cc(Cl)cnc5o4)C3)C2)o1)C1CC1. The van der Waals surface area contributed by atoms with Gasteiger partial charge in [0.15, 0.2) is 16.5 Å². The highest BCUT2D eigenvalue weighted by molar-refractivity contribution is 7.93. The molecule has 0 aliphatic heterocycles. The first-order valence-electron chi connectivity index (χ1n) is 10.7. The lowest BCUT2D eigenvalue weighted by atomic mass is 9.57. The van der Waals surface area contributed by atoms with Crippen LogP contribution < -0.4 is 16.8 Å².